The van der Waals surface area contributed by atoms with E-state index in [0.717, 1.165) is 11.3 Å². The van der Waals surface area contributed by atoms with Crippen LogP contribution in [0.3, 0.4) is 0 Å². The normalized spacial score (nSPS) is 17.6. The zero-order valence-electron chi connectivity index (χ0n) is 23.3. The Kier molecular flexibility index (Phi) is 13.7. The van der Waals surface area contributed by atoms with E-state index in [-0.39, 0.29) is 13.0 Å². The number of anilines is 1. The molecule has 0 aliphatic heterocycles. The van der Waals surface area contributed by atoms with E-state index in [4.69, 9.17) is 12.2 Å². The van der Waals surface area contributed by atoms with Crippen molar-refractivity contribution in [2.75, 3.05) is 44.6 Å². The van der Waals surface area contributed by atoms with Crippen molar-refractivity contribution in [3.8, 4) is 0 Å². The van der Waals surface area contributed by atoms with Crippen LogP contribution in [-0.4, -0.2) is 132 Å². The molecule has 0 radical (unpaired) electrons. The molecule has 0 heterocycles. The second-order valence-corrected chi connectivity index (χ2v) is 11.0. The third-order valence-corrected chi connectivity index (χ3v) is 7.13. The van der Waals surface area contributed by atoms with Gasteiger partial charge >= 0.3 is 29.8 Å². The minimum absolute atomic E-state index is 0.0545. The Morgan fingerprint density at radius 1 is 0.762 bits per heavy atom. The van der Waals surface area contributed by atoms with Crippen LogP contribution in [0.2, 0.25) is 0 Å². The van der Waals surface area contributed by atoms with Gasteiger partial charge in [0.1, 0.15) is 0 Å². The van der Waals surface area contributed by atoms with Crippen molar-refractivity contribution in [2.45, 2.75) is 57.2 Å². The summed E-state index contributed by atoms with van der Waals surface area (Å²) in [5.74, 6) is -6.15. The van der Waals surface area contributed by atoms with Gasteiger partial charge in [0.15, 0.2) is 0 Å². The largest absolute Gasteiger partial charge is 0.480 e. The molecule has 0 bridgehead atoms. The molecule has 42 heavy (non-hydrogen) atoms. The van der Waals surface area contributed by atoms with Gasteiger partial charge in [0.05, 0.1) is 37.7 Å². The highest BCUT2D eigenvalue weighted by molar-refractivity contribution is 7.80. The van der Waals surface area contributed by atoms with E-state index in [1.54, 1.807) is 36.1 Å². The van der Waals surface area contributed by atoms with E-state index in [9.17, 15) is 49.5 Å². The molecular formula is C27H38N4O10S. The monoisotopic (exact) mass is 610 g/mol. The number of nitrogens with zero attached hydrogens (tertiary/aromatic N) is 3. The lowest BCUT2D eigenvalue weighted by atomic mass is 9.87. The number of carboxylic acid groups (broad SMARTS) is 5. The molecule has 232 valence electrons. The number of thiocarbonyl (C=S) groups is 1. The van der Waals surface area contributed by atoms with Crippen LogP contribution >= 0.6 is 12.2 Å². The number of carbonyl (C=O) groups is 5. The zero-order chi connectivity index (χ0) is 31.4. The lowest BCUT2D eigenvalue weighted by molar-refractivity contribution is -0.146. The first-order chi connectivity index (χ1) is 19.7. The van der Waals surface area contributed by atoms with Gasteiger partial charge in [-0.25, -0.2) is 0 Å². The van der Waals surface area contributed by atoms with Gasteiger partial charge in [-0.2, -0.15) is 0 Å². The first-order valence-corrected chi connectivity index (χ1v) is 13.8. The molecule has 1 saturated carbocycles. The van der Waals surface area contributed by atoms with Crippen molar-refractivity contribution < 1.29 is 49.5 Å². The summed E-state index contributed by atoms with van der Waals surface area (Å²) in [5, 5.41) is 50.8. The van der Waals surface area contributed by atoms with Gasteiger partial charge in [0.25, 0.3) is 0 Å². The maximum Gasteiger partial charge on any atom is 0.317 e. The molecule has 1 aliphatic carbocycles. The average Bonchev–Trinajstić information content (AvgIpc) is 2.86. The quantitative estimate of drug-likeness (QED) is 0.128. The summed E-state index contributed by atoms with van der Waals surface area (Å²) in [6, 6.07) is 5.16. The molecule has 0 spiro atoms. The van der Waals surface area contributed by atoms with E-state index in [1.165, 1.54) is 9.80 Å². The molecule has 3 unspecified atom stereocenters. The smallest absolute Gasteiger partial charge is 0.317 e. The Morgan fingerprint density at radius 2 is 1.19 bits per heavy atom. The topological polar surface area (TPSA) is 208 Å². The Labute approximate surface area is 248 Å². The minimum atomic E-state index is -1.26. The molecule has 2 rings (SSSR count). The second-order valence-electron chi connectivity index (χ2n) is 10.4. The summed E-state index contributed by atoms with van der Waals surface area (Å²) in [4.78, 5) is 63.3. The summed E-state index contributed by atoms with van der Waals surface area (Å²) in [7, 11) is 0. The molecular weight excluding hydrogens is 572 g/mol. The third-order valence-electron chi connectivity index (χ3n) is 7.03. The van der Waals surface area contributed by atoms with Gasteiger partial charge in [-0.05, 0) is 43.9 Å². The highest BCUT2D eigenvalue weighted by atomic mass is 32.1. The van der Waals surface area contributed by atoms with Crippen LogP contribution in [0, 0.1) is 0 Å². The first-order valence-electron chi connectivity index (χ1n) is 13.4. The van der Waals surface area contributed by atoms with Crippen LogP contribution in [-0.2, 0) is 30.4 Å². The van der Waals surface area contributed by atoms with Gasteiger partial charge in [-0.1, -0.05) is 37.2 Å². The molecule has 15 heteroatoms. The summed E-state index contributed by atoms with van der Waals surface area (Å²) >= 11 is 5.06. The number of nitrogens with one attached hydrogen (secondary N) is 1. The summed E-state index contributed by atoms with van der Waals surface area (Å²) in [6.45, 7) is -1.15. The summed E-state index contributed by atoms with van der Waals surface area (Å²) in [6.07, 6.45) is 2.45. The molecule has 1 fully saturated rings. The Hall–Kier alpha value is -3.66. The fourth-order valence-electron chi connectivity index (χ4n) is 5.51. The fourth-order valence-corrected chi connectivity index (χ4v) is 5.63. The maximum atomic E-state index is 12.0. The number of rotatable bonds is 18. The third kappa shape index (κ3) is 12.1. The number of hydrogen-bond donors (Lipinski definition) is 6. The van der Waals surface area contributed by atoms with Crippen LogP contribution in [0.25, 0.3) is 0 Å². The molecule has 1 aromatic rings. The highest BCUT2D eigenvalue weighted by Gasteiger charge is 2.38. The predicted octanol–water partition coefficient (Wildman–Crippen LogP) is 0.997. The van der Waals surface area contributed by atoms with Crippen molar-refractivity contribution in [1.29, 1.82) is 0 Å². The summed E-state index contributed by atoms with van der Waals surface area (Å²) in [5.41, 5.74) is 1.47. The second kappa shape index (κ2) is 16.7. The van der Waals surface area contributed by atoms with Gasteiger partial charge < -0.3 is 30.8 Å². The minimum Gasteiger partial charge on any atom is -0.480 e. The predicted molar refractivity (Wildman–Crippen MR) is 155 cm³/mol. The highest BCUT2D eigenvalue weighted by Crippen LogP contribution is 2.28. The Bertz CT molecular complexity index is 1100. The fraction of sp³-hybridized carbons (Fsp3) is 0.556. The van der Waals surface area contributed by atoms with Gasteiger partial charge in [0, 0.05) is 30.4 Å². The van der Waals surface area contributed by atoms with Crippen LogP contribution in [0.4, 0.5) is 5.69 Å². The lowest BCUT2D eigenvalue weighted by Crippen LogP contribution is -2.59. The number of aliphatic carboxylic acids is 5. The van der Waals surface area contributed by atoms with Crippen molar-refractivity contribution >= 4 is 52.7 Å². The molecule has 3 atom stereocenters. The van der Waals surface area contributed by atoms with Crippen LogP contribution in [0.5, 0.6) is 0 Å². The molecule has 0 aromatic heterocycles. The number of benzene rings is 1. The van der Waals surface area contributed by atoms with Crippen molar-refractivity contribution in [2.24, 2.45) is 0 Å². The summed E-state index contributed by atoms with van der Waals surface area (Å²) < 4.78 is 0. The average molecular weight is 611 g/mol. The van der Waals surface area contributed by atoms with Crippen molar-refractivity contribution in [3.05, 3.63) is 29.8 Å². The van der Waals surface area contributed by atoms with Crippen molar-refractivity contribution in [1.82, 2.24) is 14.7 Å². The van der Waals surface area contributed by atoms with Gasteiger partial charge in [0.2, 0.25) is 0 Å². The van der Waals surface area contributed by atoms with E-state index in [0.29, 0.717) is 30.7 Å². The Morgan fingerprint density at radius 3 is 1.62 bits per heavy atom. The van der Waals surface area contributed by atoms with E-state index < -0.39 is 80.7 Å². The molecule has 0 amide bonds. The van der Waals surface area contributed by atoms with E-state index in [1.807, 2.05) is 0 Å². The van der Waals surface area contributed by atoms with Crippen LogP contribution in [0.1, 0.15) is 38.2 Å². The molecule has 1 aromatic carbocycles. The first kappa shape index (κ1) is 34.5. The zero-order valence-corrected chi connectivity index (χ0v) is 24.2. The van der Waals surface area contributed by atoms with Crippen LogP contribution < -0.4 is 5.32 Å². The number of hydrogen-bond acceptors (Lipinski definition) is 9. The van der Waals surface area contributed by atoms with Gasteiger partial charge in [-0.15, -0.1) is 0 Å². The lowest BCUT2D eigenvalue weighted by Gasteiger charge is -2.45. The SMILES string of the molecule is CC(=S)Nc1ccc(CC(CN(CC(=O)O)C2CCCCC2N(CC(=O)O)CC(=O)O)N(CC(=O)O)CC(=O)O)cc1. The standard InChI is InChI=1S/C27H38N4O10S/c1-17(42)28-19-8-6-18(7-9-19)10-20(29(12-23(32)33)13-24(34)35)11-30(14-25(36)37)21-4-2-3-5-22(21)31(15-26(38)39)16-27(40)41/h6-9,20-22H,2-5,10-16H2,1H3,(H,28,42)(H,32,33)(H,34,35)(H,36,37)(H,38,39)(H,40,41). The van der Waals surface area contributed by atoms with Crippen molar-refractivity contribution in [3.63, 3.8) is 0 Å². The van der Waals surface area contributed by atoms with Crippen LogP contribution in [0.15, 0.2) is 24.3 Å². The maximum absolute atomic E-state index is 12.0. The van der Waals surface area contributed by atoms with Gasteiger partial charge in [-0.3, -0.25) is 38.7 Å². The Balaban J connectivity index is 2.49. The van der Waals surface area contributed by atoms with E-state index in [2.05, 4.69) is 5.32 Å². The molecule has 14 nitrogen and oxygen atoms in total. The molecule has 0 saturated heterocycles. The molecule has 6 N–H and O–H groups in total. The van der Waals surface area contributed by atoms with E-state index >= 15 is 0 Å². The number of carboxylic acids is 5. The molecule has 1 aliphatic rings.